The number of nitro benzene ring substituents is 1. The van der Waals surface area contributed by atoms with E-state index in [9.17, 15) is 20.0 Å². The summed E-state index contributed by atoms with van der Waals surface area (Å²) in [5.74, 6) is -0.361. The van der Waals surface area contributed by atoms with Gasteiger partial charge in [-0.2, -0.15) is 0 Å². The van der Waals surface area contributed by atoms with Gasteiger partial charge in [-0.05, 0) is 30.3 Å². The van der Waals surface area contributed by atoms with Crippen molar-refractivity contribution in [1.29, 1.82) is 0 Å². The number of nitrogens with one attached hydrogen (secondary N) is 1. The molecule has 2 aromatic carbocycles. The van der Waals surface area contributed by atoms with E-state index in [1.807, 2.05) is 0 Å². The first-order valence-corrected chi connectivity index (χ1v) is 7.09. The molecule has 0 spiro atoms. The van der Waals surface area contributed by atoms with Crippen LogP contribution in [-0.4, -0.2) is 28.0 Å². The molecule has 3 rings (SSSR count). The fourth-order valence-corrected chi connectivity index (χ4v) is 2.25. The van der Waals surface area contributed by atoms with Crippen molar-refractivity contribution in [3.8, 4) is 11.6 Å². The van der Waals surface area contributed by atoms with Crippen molar-refractivity contribution in [2.24, 2.45) is 10.2 Å². The maximum Gasteiger partial charge on any atom is 0.295 e. The molecule has 0 atom stereocenters. The van der Waals surface area contributed by atoms with Crippen molar-refractivity contribution in [3.05, 3.63) is 58.1 Å². The molecule has 25 heavy (non-hydrogen) atoms. The van der Waals surface area contributed by atoms with Crippen LogP contribution < -0.4 is 4.74 Å². The third-order valence-electron chi connectivity index (χ3n) is 3.53. The smallest absolute Gasteiger partial charge is 0.295 e. The van der Waals surface area contributed by atoms with Gasteiger partial charge in [0.1, 0.15) is 5.75 Å². The van der Waals surface area contributed by atoms with Crippen molar-refractivity contribution in [2.45, 2.75) is 0 Å². The van der Waals surface area contributed by atoms with Gasteiger partial charge in [-0.1, -0.05) is 0 Å². The summed E-state index contributed by atoms with van der Waals surface area (Å²) >= 11 is 0. The summed E-state index contributed by atoms with van der Waals surface area (Å²) in [6.07, 6.45) is 0. The second-order valence-corrected chi connectivity index (χ2v) is 5.04. The topological polar surface area (TPSA) is 130 Å². The van der Waals surface area contributed by atoms with E-state index in [2.05, 4.69) is 15.2 Å². The van der Waals surface area contributed by atoms with Gasteiger partial charge in [-0.25, -0.2) is 0 Å². The fraction of sp³-hybridized carbons (Fsp3) is 0.0625. The number of non-ortho nitro benzene ring substituents is 1. The Labute approximate surface area is 140 Å². The van der Waals surface area contributed by atoms with Crippen LogP contribution in [0.2, 0.25) is 0 Å². The molecule has 0 fully saturated rings. The molecular weight excluding hydrogens is 328 g/mol. The van der Waals surface area contributed by atoms with Gasteiger partial charge in [0, 0.05) is 23.1 Å². The number of nitro groups is 1. The van der Waals surface area contributed by atoms with E-state index in [1.54, 1.807) is 18.2 Å². The Hall–Kier alpha value is -3.75. The van der Waals surface area contributed by atoms with E-state index in [0.29, 0.717) is 16.7 Å². The zero-order valence-electron chi connectivity index (χ0n) is 13.0. The van der Waals surface area contributed by atoms with Gasteiger partial charge < -0.3 is 14.8 Å². The lowest BCUT2D eigenvalue weighted by molar-refractivity contribution is -0.384. The maximum atomic E-state index is 12.0. The molecule has 3 aromatic rings. The molecule has 0 saturated heterocycles. The molecule has 9 nitrogen and oxygen atoms in total. The number of aromatic hydroxyl groups is 1. The van der Waals surface area contributed by atoms with Gasteiger partial charge in [0.2, 0.25) is 5.88 Å². The Bertz CT molecular complexity index is 992. The van der Waals surface area contributed by atoms with Crippen molar-refractivity contribution >= 4 is 28.2 Å². The van der Waals surface area contributed by atoms with Gasteiger partial charge in [0.25, 0.3) is 11.6 Å². The molecular formula is C16H12N4O5. The number of aromatic nitrogens is 1. The number of hydrogen-bond donors (Lipinski definition) is 2. The Morgan fingerprint density at radius 2 is 1.96 bits per heavy atom. The number of carbonyl (C=O) groups is 1. The normalized spacial score (nSPS) is 11.1. The average Bonchev–Trinajstić information content (AvgIpc) is 2.93. The lowest BCUT2D eigenvalue weighted by Gasteiger charge is -1.98. The number of hydrogen-bond acceptors (Lipinski definition) is 6. The minimum Gasteiger partial charge on any atom is -0.497 e. The Kier molecular flexibility index (Phi) is 4.12. The highest BCUT2D eigenvalue weighted by molar-refractivity contribution is 5.97. The number of H-pyrrole nitrogens is 1. The minimum absolute atomic E-state index is 0.101. The first kappa shape index (κ1) is 16.1. The van der Waals surface area contributed by atoms with Crippen LogP contribution in [-0.2, 0) is 0 Å². The Balaban J connectivity index is 1.90. The molecule has 9 heteroatoms. The summed E-state index contributed by atoms with van der Waals surface area (Å²) in [5, 5.41) is 28.5. The van der Waals surface area contributed by atoms with Crippen LogP contribution in [0.4, 0.5) is 11.4 Å². The number of fused-ring (bicyclic) bond motifs is 1. The van der Waals surface area contributed by atoms with Crippen LogP contribution in [0.5, 0.6) is 11.6 Å². The first-order valence-electron chi connectivity index (χ1n) is 7.09. The van der Waals surface area contributed by atoms with Gasteiger partial charge in [-0.15, -0.1) is 10.2 Å². The SMILES string of the molecule is COc1ccc2[nH]c(O)c(N=NC(=O)c3ccc([N+](=O)[O-])cc3)c2c1. The van der Waals surface area contributed by atoms with E-state index in [4.69, 9.17) is 4.74 Å². The van der Waals surface area contributed by atoms with E-state index in [-0.39, 0.29) is 22.8 Å². The Morgan fingerprint density at radius 3 is 2.60 bits per heavy atom. The molecule has 1 amide bonds. The average molecular weight is 340 g/mol. The third-order valence-corrected chi connectivity index (χ3v) is 3.53. The van der Waals surface area contributed by atoms with Crippen LogP contribution in [0.15, 0.2) is 52.7 Å². The lowest BCUT2D eigenvalue weighted by Crippen LogP contribution is -1.94. The van der Waals surface area contributed by atoms with Crippen LogP contribution in [0.25, 0.3) is 10.9 Å². The van der Waals surface area contributed by atoms with Crippen LogP contribution in [0.1, 0.15) is 10.4 Å². The molecule has 0 aliphatic carbocycles. The zero-order valence-corrected chi connectivity index (χ0v) is 13.0. The van der Waals surface area contributed by atoms with Gasteiger partial charge in [0.05, 0.1) is 17.5 Å². The van der Waals surface area contributed by atoms with Gasteiger partial charge >= 0.3 is 0 Å². The van der Waals surface area contributed by atoms with Crippen molar-refractivity contribution in [2.75, 3.05) is 7.11 Å². The number of aromatic amines is 1. The second-order valence-electron chi connectivity index (χ2n) is 5.04. The molecule has 126 valence electrons. The fourth-order valence-electron chi connectivity index (χ4n) is 2.25. The predicted molar refractivity (Wildman–Crippen MR) is 88.5 cm³/mol. The number of ether oxygens (including phenoxy) is 1. The maximum absolute atomic E-state index is 12.0. The Morgan fingerprint density at radius 1 is 1.24 bits per heavy atom. The largest absolute Gasteiger partial charge is 0.497 e. The van der Waals surface area contributed by atoms with Gasteiger partial charge in [0.15, 0.2) is 5.69 Å². The zero-order chi connectivity index (χ0) is 18.0. The first-order chi connectivity index (χ1) is 12.0. The van der Waals surface area contributed by atoms with E-state index >= 15 is 0 Å². The number of azo groups is 1. The van der Waals surface area contributed by atoms with Crippen LogP contribution >= 0.6 is 0 Å². The van der Waals surface area contributed by atoms with Gasteiger partial charge in [-0.3, -0.25) is 14.9 Å². The third kappa shape index (κ3) is 3.15. The molecule has 2 N–H and O–H groups in total. The van der Waals surface area contributed by atoms with Crippen LogP contribution in [0.3, 0.4) is 0 Å². The summed E-state index contributed by atoms with van der Waals surface area (Å²) in [7, 11) is 1.51. The van der Waals surface area contributed by atoms with Crippen molar-refractivity contribution in [1.82, 2.24) is 4.98 Å². The molecule has 1 aromatic heterocycles. The second kappa shape index (κ2) is 6.40. The van der Waals surface area contributed by atoms with Crippen LogP contribution in [0, 0.1) is 10.1 Å². The highest BCUT2D eigenvalue weighted by Gasteiger charge is 2.13. The molecule has 0 bridgehead atoms. The number of amides is 1. The number of benzene rings is 2. The highest BCUT2D eigenvalue weighted by Crippen LogP contribution is 2.37. The number of methoxy groups -OCH3 is 1. The molecule has 1 heterocycles. The van der Waals surface area contributed by atoms with E-state index in [0.717, 1.165) is 0 Å². The van der Waals surface area contributed by atoms with Crippen molar-refractivity contribution in [3.63, 3.8) is 0 Å². The monoisotopic (exact) mass is 340 g/mol. The quantitative estimate of drug-likeness (QED) is 0.424. The standard InChI is InChI=1S/C16H12N4O5/c1-25-11-6-7-13-12(8-11)14(16(22)17-13)18-19-15(21)9-2-4-10(5-3-9)20(23)24/h2-8,17,22H,1H3. The predicted octanol–water partition coefficient (Wildman–Crippen LogP) is 3.71. The summed E-state index contributed by atoms with van der Waals surface area (Å²) in [5.41, 5.74) is 0.723. The van der Waals surface area contributed by atoms with E-state index in [1.165, 1.54) is 31.4 Å². The number of nitrogens with zero attached hydrogens (tertiary/aromatic N) is 3. The molecule has 0 radical (unpaired) electrons. The molecule has 0 aliphatic heterocycles. The summed E-state index contributed by atoms with van der Waals surface area (Å²) in [6.45, 7) is 0. The summed E-state index contributed by atoms with van der Waals surface area (Å²) < 4.78 is 5.12. The van der Waals surface area contributed by atoms with E-state index < -0.39 is 10.8 Å². The number of rotatable bonds is 4. The minimum atomic E-state index is -0.688. The summed E-state index contributed by atoms with van der Waals surface area (Å²) in [4.78, 5) is 24.8. The molecule has 0 aliphatic rings. The lowest BCUT2D eigenvalue weighted by atomic mass is 10.2. The summed E-state index contributed by atoms with van der Waals surface area (Å²) in [6, 6.07) is 10.0. The molecule has 0 saturated carbocycles. The molecule has 0 unspecified atom stereocenters. The number of carbonyl (C=O) groups excluding carboxylic acids is 1. The highest BCUT2D eigenvalue weighted by atomic mass is 16.6. The van der Waals surface area contributed by atoms with Crippen molar-refractivity contribution < 1.29 is 19.6 Å².